The van der Waals surface area contributed by atoms with Crippen molar-refractivity contribution in [3.05, 3.63) is 0 Å². The minimum absolute atomic E-state index is 0.0323. The van der Waals surface area contributed by atoms with E-state index >= 15 is 0 Å². The van der Waals surface area contributed by atoms with Crippen molar-refractivity contribution in [2.45, 2.75) is 46.6 Å². The molecule has 5 heteroatoms. The lowest BCUT2D eigenvalue weighted by Crippen LogP contribution is -2.50. The van der Waals surface area contributed by atoms with Gasteiger partial charge < -0.3 is 15.8 Å². The third kappa shape index (κ3) is 2.65. The molecule has 2 unspecified atom stereocenters. The fourth-order valence-corrected chi connectivity index (χ4v) is 1.42. The van der Waals surface area contributed by atoms with Gasteiger partial charge in [0, 0.05) is 13.1 Å². The normalized spacial score (nSPS) is 17.7. The fraction of sp³-hybridized carbons (Fsp3) is 0.818. The van der Waals surface area contributed by atoms with Crippen molar-refractivity contribution in [2.75, 3.05) is 7.05 Å². The molecule has 0 fully saturated rings. The number of hydrogen-bond acceptors (Lipinski definition) is 3. The smallest absolute Gasteiger partial charge is 0.236 e. The predicted octanol–water partition coefficient (Wildman–Crippen LogP) is 1.41. The van der Waals surface area contributed by atoms with Gasteiger partial charge in [-0.3, -0.25) is 4.79 Å². The molecule has 0 aliphatic carbocycles. The summed E-state index contributed by atoms with van der Waals surface area (Å²) in [6.45, 7) is 7.53. The van der Waals surface area contributed by atoms with E-state index in [-0.39, 0.29) is 17.8 Å². The second kappa shape index (κ2) is 5.72. The van der Waals surface area contributed by atoms with Crippen molar-refractivity contribution >= 4 is 11.7 Å². The summed E-state index contributed by atoms with van der Waals surface area (Å²) in [6.07, 6.45) is 1.38. The number of oxime groups is 1. The Kier molecular flexibility index (Phi) is 5.27. The van der Waals surface area contributed by atoms with Crippen LogP contribution in [0.4, 0.5) is 0 Å². The first-order chi connectivity index (χ1) is 7.34. The SMILES string of the molecule is CCC(C)N(C)C(=O)C(C)(CC)C(N)=NO. The second-order valence-corrected chi connectivity index (χ2v) is 4.34. The number of carbonyl (C=O) groups is 1. The molecule has 2 atom stereocenters. The van der Waals surface area contributed by atoms with E-state index in [1.807, 2.05) is 20.8 Å². The van der Waals surface area contributed by atoms with Gasteiger partial charge in [-0.2, -0.15) is 0 Å². The Bertz CT molecular complexity index is 278. The van der Waals surface area contributed by atoms with Crippen molar-refractivity contribution in [1.82, 2.24) is 4.90 Å². The highest BCUT2D eigenvalue weighted by Gasteiger charge is 2.39. The maximum absolute atomic E-state index is 12.3. The van der Waals surface area contributed by atoms with E-state index in [0.717, 1.165) is 6.42 Å². The number of amides is 1. The Labute approximate surface area is 97.3 Å². The lowest BCUT2D eigenvalue weighted by atomic mass is 9.84. The molecule has 0 heterocycles. The third-order valence-corrected chi connectivity index (χ3v) is 3.42. The van der Waals surface area contributed by atoms with Gasteiger partial charge in [-0.15, -0.1) is 0 Å². The molecule has 94 valence electrons. The molecule has 0 saturated heterocycles. The number of nitrogens with zero attached hydrogens (tertiary/aromatic N) is 2. The van der Waals surface area contributed by atoms with Crippen molar-refractivity contribution in [2.24, 2.45) is 16.3 Å². The maximum Gasteiger partial charge on any atom is 0.236 e. The van der Waals surface area contributed by atoms with Gasteiger partial charge in [-0.05, 0) is 26.7 Å². The number of rotatable bonds is 5. The van der Waals surface area contributed by atoms with Crippen LogP contribution in [-0.2, 0) is 4.79 Å². The molecule has 0 spiro atoms. The van der Waals surface area contributed by atoms with Crippen LogP contribution in [0.1, 0.15) is 40.5 Å². The zero-order chi connectivity index (χ0) is 12.9. The van der Waals surface area contributed by atoms with E-state index in [9.17, 15) is 4.79 Å². The largest absolute Gasteiger partial charge is 0.409 e. The van der Waals surface area contributed by atoms with Crippen LogP contribution in [-0.4, -0.2) is 34.9 Å². The molecule has 3 N–H and O–H groups in total. The zero-order valence-corrected chi connectivity index (χ0v) is 10.8. The molecule has 1 amide bonds. The summed E-state index contributed by atoms with van der Waals surface area (Å²) in [7, 11) is 1.75. The Morgan fingerprint density at radius 1 is 1.56 bits per heavy atom. The van der Waals surface area contributed by atoms with E-state index in [4.69, 9.17) is 10.9 Å². The molecule has 0 radical (unpaired) electrons. The van der Waals surface area contributed by atoms with Gasteiger partial charge in [0.25, 0.3) is 0 Å². The first-order valence-corrected chi connectivity index (χ1v) is 5.60. The summed E-state index contributed by atoms with van der Waals surface area (Å²) in [6, 6.07) is 0.143. The van der Waals surface area contributed by atoms with E-state index < -0.39 is 5.41 Å². The minimum Gasteiger partial charge on any atom is -0.409 e. The number of hydrogen-bond donors (Lipinski definition) is 2. The van der Waals surface area contributed by atoms with E-state index in [1.54, 1.807) is 18.9 Å². The van der Waals surface area contributed by atoms with Crippen LogP contribution < -0.4 is 5.73 Å². The molecule has 0 aliphatic rings. The molecule has 0 aromatic rings. The highest BCUT2D eigenvalue weighted by atomic mass is 16.4. The molecule has 0 aliphatic heterocycles. The van der Waals surface area contributed by atoms with Crippen LogP contribution in [0.2, 0.25) is 0 Å². The first kappa shape index (κ1) is 14.7. The van der Waals surface area contributed by atoms with E-state index in [2.05, 4.69) is 5.16 Å². The van der Waals surface area contributed by atoms with Crippen LogP contribution in [0.3, 0.4) is 0 Å². The maximum atomic E-state index is 12.3. The molecular formula is C11H23N3O2. The topological polar surface area (TPSA) is 78.9 Å². The number of carbonyl (C=O) groups excluding carboxylic acids is 1. The van der Waals surface area contributed by atoms with Gasteiger partial charge >= 0.3 is 0 Å². The van der Waals surface area contributed by atoms with Gasteiger partial charge in [-0.25, -0.2) is 0 Å². The summed E-state index contributed by atoms with van der Waals surface area (Å²) in [4.78, 5) is 13.9. The first-order valence-electron chi connectivity index (χ1n) is 5.60. The van der Waals surface area contributed by atoms with Crippen molar-refractivity contribution < 1.29 is 10.0 Å². The van der Waals surface area contributed by atoms with Crippen LogP contribution >= 0.6 is 0 Å². The summed E-state index contributed by atoms with van der Waals surface area (Å²) >= 11 is 0. The van der Waals surface area contributed by atoms with Crippen LogP contribution in [0.25, 0.3) is 0 Å². The Balaban J connectivity index is 5.06. The Hall–Kier alpha value is -1.26. The highest BCUT2D eigenvalue weighted by Crippen LogP contribution is 2.25. The summed E-state index contributed by atoms with van der Waals surface area (Å²) < 4.78 is 0. The minimum atomic E-state index is -0.924. The molecule has 0 rings (SSSR count). The highest BCUT2D eigenvalue weighted by molar-refractivity contribution is 6.06. The quantitative estimate of drug-likeness (QED) is 0.324. The molecule has 0 aromatic heterocycles. The third-order valence-electron chi connectivity index (χ3n) is 3.42. The fourth-order valence-electron chi connectivity index (χ4n) is 1.42. The number of amidine groups is 1. The van der Waals surface area contributed by atoms with Crippen molar-refractivity contribution in [3.63, 3.8) is 0 Å². The average molecular weight is 229 g/mol. The summed E-state index contributed by atoms with van der Waals surface area (Å²) in [5.41, 5.74) is 4.67. The number of nitrogens with two attached hydrogens (primary N) is 1. The molecule has 0 saturated carbocycles. The Morgan fingerprint density at radius 2 is 2.06 bits per heavy atom. The van der Waals surface area contributed by atoms with Gasteiger partial charge in [0.05, 0.1) is 0 Å². The standard InChI is InChI=1S/C11H23N3O2/c1-6-8(3)14(5)10(15)11(4,7-2)9(12)13-16/h8,16H,6-7H2,1-5H3,(H2,12,13). The monoisotopic (exact) mass is 229 g/mol. The zero-order valence-electron chi connectivity index (χ0n) is 10.8. The molecule has 5 nitrogen and oxygen atoms in total. The summed E-state index contributed by atoms with van der Waals surface area (Å²) in [5, 5.41) is 11.7. The lowest BCUT2D eigenvalue weighted by molar-refractivity contribution is -0.138. The predicted molar refractivity (Wildman–Crippen MR) is 64.3 cm³/mol. The average Bonchev–Trinajstić information content (AvgIpc) is 2.33. The van der Waals surface area contributed by atoms with Crippen molar-refractivity contribution in [1.29, 1.82) is 0 Å². The van der Waals surface area contributed by atoms with Gasteiger partial charge in [0.1, 0.15) is 5.41 Å². The molecule has 0 aromatic carbocycles. The van der Waals surface area contributed by atoms with Crippen LogP contribution in [0.15, 0.2) is 5.16 Å². The second-order valence-electron chi connectivity index (χ2n) is 4.34. The molecule has 16 heavy (non-hydrogen) atoms. The van der Waals surface area contributed by atoms with E-state index in [1.165, 1.54) is 0 Å². The molecule has 0 bridgehead atoms. The van der Waals surface area contributed by atoms with E-state index in [0.29, 0.717) is 6.42 Å². The van der Waals surface area contributed by atoms with Crippen molar-refractivity contribution in [3.8, 4) is 0 Å². The summed E-state index contributed by atoms with van der Waals surface area (Å²) in [5.74, 6) is -0.144. The van der Waals surface area contributed by atoms with Gasteiger partial charge in [0.15, 0.2) is 5.84 Å². The van der Waals surface area contributed by atoms with Gasteiger partial charge in [0.2, 0.25) is 5.91 Å². The lowest BCUT2D eigenvalue weighted by Gasteiger charge is -2.33. The van der Waals surface area contributed by atoms with Crippen LogP contribution in [0.5, 0.6) is 0 Å². The van der Waals surface area contributed by atoms with Gasteiger partial charge in [-0.1, -0.05) is 19.0 Å². The molecular weight excluding hydrogens is 206 g/mol. The Morgan fingerprint density at radius 3 is 2.38 bits per heavy atom. The van der Waals surface area contributed by atoms with Crippen LogP contribution in [0, 0.1) is 5.41 Å².